The fraction of sp³-hybridized carbons (Fsp3) is 0.462. The minimum Gasteiger partial charge on any atom is -0.450 e. The number of rotatable bonds is 2. The lowest BCUT2D eigenvalue weighted by atomic mass is 10.2. The summed E-state index contributed by atoms with van der Waals surface area (Å²) in [5.41, 5.74) is -0.377. The standard InChI is InChI=1S/C13H15ClN2O3S/c1-13(2,3)19-10(18)6-5-9(17)8-7-15-12(20-4)16-11(8)14/h7,9,17H,1-4H3. The Bertz CT molecular complexity index is 561. The second-order valence-corrected chi connectivity index (χ2v) is 5.91. The lowest BCUT2D eigenvalue weighted by Gasteiger charge is -2.17. The third-order valence-corrected chi connectivity index (χ3v) is 2.80. The van der Waals surface area contributed by atoms with E-state index in [1.165, 1.54) is 18.0 Å². The van der Waals surface area contributed by atoms with Crippen LogP contribution in [0.3, 0.4) is 0 Å². The van der Waals surface area contributed by atoms with Crippen molar-refractivity contribution in [2.24, 2.45) is 0 Å². The normalized spacial score (nSPS) is 12.3. The molecule has 20 heavy (non-hydrogen) atoms. The van der Waals surface area contributed by atoms with Crippen molar-refractivity contribution < 1.29 is 14.6 Å². The number of esters is 1. The molecule has 0 saturated carbocycles. The number of aliphatic hydroxyl groups is 1. The van der Waals surface area contributed by atoms with Gasteiger partial charge in [0.05, 0.1) is 0 Å². The number of aliphatic hydroxyl groups excluding tert-OH is 1. The third kappa shape index (κ3) is 5.37. The Balaban J connectivity index is 2.82. The van der Waals surface area contributed by atoms with Gasteiger partial charge in [-0.1, -0.05) is 29.3 Å². The van der Waals surface area contributed by atoms with Crippen LogP contribution >= 0.6 is 23.4 Å². The monoisotopic (exact) mass is 314 g/mol. The zero-order chi connectivity index (χ0) is 15.3. The summed E-state index contributed by atoms with van der Waals surface area (Å²) in [7, 11) is 0. The number of thioether (sulfide) groups is 1. The Morgan fingerprint density at radius 3 is 2.70 bits per heavy atom. The highest BCUT2D eigenvalue weighted by Crippen LogP contribution is 2.22. The Kier molecular flexibility index (Phi) is 5.81. The molecule has 1 atom stereocenters. The van der Waals surface area contributed by atoms with E-state index in [1.54, 1.807) is 20.8 Å². The van der Waals surface area contributed by atoms with Gasteiger partial charge in [0.25, 0.3) is 0 Å². The minimum atomic E-state index is -1.24. The molecule has 108 valence electrons. The zero-order valence-corrected chi connectivity index (χ0v) is 13.2. The number of ether oxygens (including phenoxy) is 1. The van der Waals surface area contributed by atoms with Crippen LogP contribution in [0.25, 0.3) is 0 Å². The maximum atomic E-state index is 11.4. The Morgan fingerprint density at radius 2 is 2.20 bits per heavy atom. The van der Waals surface area contributed by atoms with E-state index >= 15 is 0 Å². The van der Waals surface area contributed by atoms with Gasteiger partial charge in [-0.15, -0.1) is 0 Å². The summed E-state index contributed by atoms with van der Waals surface area (Å²) in [4.78, 5) is 19.4. The topological polar surface area (TPSA) is 72.3 Å². The van der Waals surface area contributed by atoms with Gasteiger partial charge in [-0.2, -0.15) is 0 Å². The fourth-order valence-corrected chi connectivity index (χ4v) is 1.77. The first-order chi connectivity index (χ1) is 9.23. The molecular weight excluding hydrogens is 300 g/mol. The zero-order valence-electron chi connectivity index (χ0n) is 11.6. The van der Waals surface area contributed by atoms with Gasteiger partial charge in [0.2, 0.25) is 0 Å². The minimum absolute atomic E-state index is 0.107. The number of carbonyl (C=O) groups excluding carboxylic acids is 1. The van der Waals surface area contributed by atoms with Crippen LogP contribution in [0.15, 0.2) is 11.4 Å². The van der Waals surface area contributed by atoms with Gasteiger partial charge in [-0.05, 0) is 27.0 Å². The lowest BCUT2D eigenvalue weighted by molar-refractivity contribution is -0.147. The summed E-state index contributed by atoms with van der Waals surface area (Å²) in [6, 6.07) is 0. The van der Waals surface area contributed by atoms with E-state index < -0.39 is 17.7 Å². The highest BCUT2D eigenvalue weighted by molar-refractivity contribution is 7.98. The Morgan fingerprint density at radius 1 is 1.55 bits per heavy atom. The van der Waals surface area contributed by atoms with Crippen LogP contribution in [0, 0.1) is 11.8 Å². The van der Waals surface area contributed by atoms with Crippen LogP contribution in [0.2, 0.25) is 5.15 Å². The van der Waals surface area contributed by atoms with E-state index in [-0.39, 0.29) is 10.7 Å². The molecule has 1 unspecified atom stereocenters. The molecule has 0 aliphatic rings. The van der Waals surface area contributed by atoms with Crippen LogP contribution in [0.5, 0.6) is 0 Å². The van der Waals surface area contributed by atoms with E-state index in [9.17, 15) is 9.90 Å². The molecule has 0 radical (unpaired) electrons. The molecule has 0 fully saturated rings. The number of hydrogen-bond acceptors (Lipinski definition) is 6. The molecule has 1 rings (SSSR count). The average molecular weight is 315 g/mol. The second kappa shape index (κ2) is 6.93. The first-order valence-corrected chi connectivity index (χ1v) is 7.32. The first kappa shape index (κ1) is 16.8. The molecule has 1 heterocycles. The van der Waals surface area contributed by atoms with E-state index in [0.717, 1.165) is 0 Å². The van der Waals surface area contributed by atoms with E-state index in [1.807, 2.05) is 6.26 Å². The highest BCUT2D eigenvalue weighted by atomic mass is 35.5. The summed E-state index contributed by atoms with van der Waals surface area (Å²) in [6.07, 6.45) is 1.95. The molecule has 5 nitrogen and oxygen atoms in total. The Hall–Kier alpha value is -1.29. The van der Waals surface area contributed by atoms with Crippen LogP contribution in [-0.2, 0) is 9.53 Å². The van der Waals surface area contributed by atoms with Crippen LogP contribution < -0.4 is 0 Å². The summed E-state index contributed by atoms with van der Waals surface area (Å²) in [5.74, 6) is 3.86. The van der Waals surface area contributed by atoms with Crippen molar-refractivity contribution in [1.82, 2.24) is 9.97 Å². The molecule has 7 heteroatoms. The molecule has 0 bridgehead atoms. The van der Waals surface area contributed by atoms with Crippen LogP contribution in [0.4, 0.5) is 0 Å². The summed E-state index contributed by atoms with van der Waals surface area (Å²) < 4.78 is 5.00. The second-order valence-electron chi connectivity index (χ2n) is 4.78. The van der Waals surface area contributed by atoms with Crippen molar-refractivity contribution in [3.63, 3.8) is 0 Å². The predicted octanol–water partition coefficient (Wildman–Crippen LogP) is 2.23. The van der Waals surface area contributed by atoms with Crippen LogP contribution in [-0.4, -0.2) is 32.9 Å². The molecule has 0 aliphatic heterocycles. The van der Waals surface area contributed by atoms with Gasteiger partial charge >= 0.3 is 5.97 Å². The van der Waals surface area contributed by atoms with E-state index in [2.05, 4.69) is 21.8 Å². The van der Waals surface area contributed by atoms with Crippen molar-refractivity contribution in [1.29, 1.82) is 0 Å². The van der Waals surface area contributed by atoms with Crippen molar-refractivity contribution in [3.05, 3.63) is 16.9 Å². The number of hydrogen-bond donors (Lipinski definition) is 1. The number of aromatic nitrogens is 2. The van der Waals surface area contributed by atoms with Gasteiger partial charge in [-0.3, -0.25) is 0 Å². The molecule has 0 aromatic carbocycles. The highest BCUT2D eigenvalue weighted by Gasteiger charge is 2.15. The maximum absolute atomic E-state index is 11.4. The van der Waals surface area contributed by atoms with Gasteiger partial charge in [-0.25, -0.2) is 14.8 Å². The quantitative estimate of drug-likeness (QED) is 0.225. The van der Waals surface area contributed by atoms with E-state index in [0.29, 0.717) is 5.16 Å². The SMILES string of the molecule is CSc1ncc(C(O)C#CC(=O)OC(C)(C)C)c(Cl)n1. The van der Waals surface area contributed by atoms with Crippen molar-refractivity contribution >= 4 is 29.3 Å². The molecule has 1 aromatic heterocycles. The van der Waals surface area contributed by atoms with E-state index in [4.69, 9.17) is 16.3 Å². The predicted molar refractivity (Wildman–Crippen MR) is 77.4 cm³/mol. The molecule has 1 N–H and O–H groups in total. The summed E-state index contributed by atoms with van der Waals surface area (Å²) >= 11 is 7.25. The van der Waals surface area contributed by atoms with Gasteiger partial charge in [0.15, 0.2) is 5.16 Å². The molecule has 0 aliphatic carbocycles. The summed E-state index contributed by atoms with van der Waals surface area (Å²) in [6.45, 7) is 5.19. The first-order valence-electron chi connectivity index (χ1n) is 5.72. The molecule has 0 saturated heterocycles. The van der Waals surface area contributed by atoms with Gasteiger partial charge < -0.3 is 9.84 Å². The van der Waals surface area contributed by atoms with Crippen molar-refractivity contribution in [3.8, 4) is 11.8 Å². The average Bonchev–Trinajstić information content (AvgIpc) is 2.33. The Labute approximate surface area is 127 Å². The van der Waals surface area contributed by atoms with Crippen molar-refractivity contribution in [2.45, 2.75) is 37.6 Å². The molecule has 0 amide bonds. The maximum Gasteiger partial charge on any atom is 0.384 e. The third-order valence-electron chi connectivity index (χ3n) is 1.93. The molecular formula is C13H15ClN2O3S. The number of carbonyl (C=O) groups is 1. The largest absolute Gasteiger partial charge is 0.450 e. The molecule has 0 spiro atoms. The molecule has 1 aromatic rings. The number of halogens is 1. The number of nitrogens with zero attached hydrogens (tertiary/aromatic N) is 2. The fourth-order valence-electron chi connectivity index (χ4n) is 1.15. The van der Waals surface area contributed by atoms with Crippen molar-refractivity contribution in [2.75, 3.05) is 6.26 Å². The van der Waals surface area contributed by atoms with Gasteiger partial charge in [0.1, 0.15) is 16.9 Å². The van der Waals surface area contributed by atoms with Crippen LogP contribution in [0.1, 0.15) is 32.4 Å². The van der Waals surface area contributed by atoms with Gasteiger partial charge in [0, 0.05) is 17.7 Å². The smallest absolute Gasteiger partial charge is 0.384 e. The summed E-state index contributed by atoms with van der Waals surface area (Å²) in [5, 5.41) is 10.5. The lowest BCUT2D eigenvalue weighted by Crippen LogP contribution is -2.22.